The van der Waals surface area contributed by atoms with Gasteiger partial charge in [0.2, 0.25) is 0 Å². The van der Waals surface area contributed by atoms with Gasteiger partial charge in [-0.1, -0.05) is 35.8 Å². The SMILES string of the molecule is CC1CCC(Oc2ccc(CN)c(Br)c2)CC1C. The highest BCUT2D eigenvalue weighted by Gasteiger charge is 2.25. The lowest BCUT2D eigenvalue weighted by Gasteiger charge is -2.32. The van der Waals surface area contributed by atoms with Gasteiger partial charge in [-0.25, -0.2) is 0 Å². The van der Waals surface area contributed by atoms with Crippen molar-refractivity contribution >= 4 is 15.9 Å². The first kappa shape index (κ1) is 13.9. The Balaban J connectivity index is 1.99. The number of rotatable bonds is 3. The normalized spacial score (nSPS) is 28.1. The second-order valence-corrected chi connectivity index (χ2v) is 6.32. The van der Waals surface area contributed by atoms with Gasteiger partial charge in [0.15, 0.2) is 0 Å². The molecule has 3 unspecified atom stereocenters. The molecule has 3 heteroatoms. The van der Waals surface area contributed by atoms with E-state index in [1.54, 1.807) is 0 Å². The largest absolute Gasteiger partial charge is 0.490 e. The minimum Gasteiger partial charge on any atom is -0.490 e. The number of halogens is 1. The monoisotopic (exact) mass is 311 g/mol. The van der Waals surface area contributed by atoms with Crippen LogP contribution in [0.4, 0.5) is 0 Å². The predicted molar refractivity (Wildman–Crippen MR) is 78.6 cm³/mol. The molecule has 1 aliphatic carbocycles. The van der Waals surface area contributed by atoms with Crippen LogP contribution in [0.2, 0.25) is 0 Å². The van der Waals surface area contributed by atoms with Crippen molar-refractivity contribution in [1.82, 2.24) is 0 Å². The highest BCUT2D eigenvalue weighted by molar-refractivity contribution is 9.10. The van der Waals surface area contributed by atoms with Crippen LogP contribution in [0.3, 0.4) is 0 Å². The average molecular weight is 312 g/mol. The zero-order chi connectivity index (χ0) is 13.1. The molecule has 0 bridgehead atoms. The van der Waals surface area contributed by atoms with E-state index >= 15 is 0 Å². The second kappa shape index (κ2) is 6.07. The standard InChI is InChI=1S/C15H22BrNO/c1-10-3-5-13(7-11(10)2)18-14-6-4-12(9-17)15(16)8-14/h4,6,8,10-11,13H,3,5,7,9,17H2,1-2H3. The number of hydrogen-bond donors (Lipinski definition) is 1. The Kier molecular flexibility index (Phi) is 4.68. The van der Waals surface area contributed by atoms with Gasteiger partial charge in [0, 0.05) is 11.0 Å². The summed E-state index contributed by atoms with van der Waals surface area (Å²) in [7, 11) is 0. The van der Waals surface area contributed by atoms with Crippen LogP contribution in [0.1, 0.15) is 38.7 Å². The molecule has 0 saturated heterocycles. The van der Waals surface area contributed by atoms with E-state index in [1.807, 2.05) is 18.2 Å². The van der Waals surface area contributed by atoms with Crippen molar-refractivity contribution in [1.29, 1.82) is 0 Å². The molecule has 0 aliphatic heterocycles. The van der Waals surface area contributed by atoms with E-state index in [1.165, 1.54) is 12.8 Å². The fraction of sp³-hybridized carbons (Fsp3) is 0.600. The van der Waals surface area contributed by atoms with Crippen molar-refractivity contribution in [3.05, 3.63) is 28.2 Å². The van der Waals surface area contributed by atoms with Crippen molar-refractivity contribution in [2.45, 2.75) is 45.8 Å². The Hall–Kier alpha value is -0.540. The lowest BCUT2D eigenvalue weighted by Crippen LogP contribution is -2.28. The lowest BCUT2D eigenvalue weighted by atomic mass is 9.80. The fourth-order valence-corrected chi connectivity index (χ4v) is 3.08. The Labute approximate surface area is 118 Å². The van der Waals surface area contributed by atoms with Crippen LogP contribution in [-0.2, 0) is 6.54 Å². The molecule has 18 heavy (non-hydrogen) atoms. The first-order valence-corrected chi connectivity index (χ1v) is 7.54. The quantitative estimate of drug-likeness (QED) is 0.911. The van der Waals surface area contributed by atoms with Crippen LogP contribution >= 0.6 is 15.9 Å². The first-order valence-electron chi connectivity index (χ1n) is 6.75. The summed E-state index contributed by atoms with van der Waals surface area (Å²) in [6, 6.07) is 6.09. The molecule has 2 nitrogen and oxygen atoms in total. The summed E-state index contributed by atoms with van der Waals surface area (Å²) in [5.41, 5.74) is 6.77. The zero-order valence-electron chi connectivity index (χ0n) is 11.2. The average Bonchev–Trinajstić information content (AvgIpc) is 2.34. The summed E-state index contributed by atoms with van der Waals surface area (Å²) in [6.07, 6.45) is 3.97. The number of nitrogens with two attached hydrogens (primary N) is 1. The third-order valence-corrected chi connectivity index (χ3v) is 4.84. The Morgan fingerprint density at radius 3 is 2.67 bits per heavy atom. The molecule has 0 amide bonds. The molecule has 100 valence electrons. The van der Waals surface area contributed by atoms with Crippen LogP contribution < -0.4 is 10.5 Å². The Morgan fingerprint density at radius 2 is 2.06 bits per heavy atom. The molecule has 1 aliphatic rings. The van der Waals surface area contributed by atoms with Gasteiger partial charge in [-0.3, -0.25) is 0 Å². The van der Waals surface area contributed by atoms with E-state index in [2.05, 4.69) is 29.8 Å². The molecule has 1 fully saturated rings. The van der Waals surface area contributed by atoms with Gasteiger partial charge < -0.3 is 10.5 Å². The molecule has 1 aromatic carbocycles. The second-order valence-electron chi connectivity index (χ2n) is 5.46. The van der Waals surface area contributed by atoms with Gasteiger partial charge in [0.05, 0.1) is 6.10 Å². The summed E-state index contributed by atoms with van der Waals surface area (Å²) in [5, 5.41) is 0. The van der Waals surface area contributed by atoms with E-state index < -0.39 is 0 Å². The van der Waals surface area contributed by atoms with Gasteiger partial charge in [-0.2, -0.15) is 0 Å². The summed E-state index contributed by atoms with van der Waals surface area (Å²) < 4.78 is 7.12. The highest BCUT2D eigenvalue weighted by atomic mass is 79.9. The lowest BCUT2D eigenvalue weighted by molar-refractivity contribution is 0.101. The molecular weight excluding hydrogens is 290 g/mol. The minimum absolute atomic E-state index is 0.367. The maximum atomic E-state index is 6.08. The maximum Gasteiger partial charge on any atom is 0.120 e. The maximum absolute atomic E-state index is 6.08. The third-order valence-electron chi connectivity index (χ3n) is 4.10. The van der Waals surface area contributed by atoms with Gasteiger partial charge in [-0.05, 0) is 48.8 Å². The third kappa shape index (κ3) is 3.27. The summed E-state index contributed by atoms with van der Waals surface area (Å²) in [5.74, 6) is 2.54. The Bertz CT molecular complexity index is 407. The molecule has 1 saturated carbocycles. The smallest absolute Gasteiger partial charge is 0.120 e. The molecular formula is C15H22BrNO. The van der Waals surface area contributed by atoms with Crippen molar-refractivity contribution < 1.29 is 4.74 Å². The van der Waals surface area contributed by atoms with Crippen LogP contribution in [0, 0.1) is 11.8 Å². The molecule has 0 spiro atoms. The van der Waals surface area contributed by atoms with E-state index in [4.69, 9.17) is 10.5 Å². The molecule has 0 aromatic heterocycles. The van der Waals surface area contributed by atoms with Crippen LogP contribution in [0.25, 0.3) is 0 Å². The zero-order valence-corrected chi connectivity index (χ0v) is 12.7. The van der Waals surface area contributed by atoms with E-state index in [0.29, 0.717) is 12.6 Å². The minimum atomic E-state index is 0.367. The van der Waals surface area contributed by atoms with Crippen molar-refractivity contribution in [3.8, 4) is 5.75 Å². The molecule has 2 N–H and O–H groups in total. The van der Waals surface area contributed by atoms with E-state index in [0.717, 1.165) is 34.0 Å². The fourth-order valence-electron chi connectivity index (χ4n) is 2.56. The van der Waals surface area contributed by atoms with Crippen molar-refractivity contribution in [2.24, 2.45) is 17.6 Å². The highest BCUT2D eigenvalue weighted by Crippen LogP contribution is 2.32. The first-order chi connectivity index (χ1) is 8.60. The molecule has 0 heterocycles. The molecule has 2 rings (SSSR count). The number of hydrogen-bond acceptors (Lipinski definition) is 2. The summed E-state index contributed by atoms with van der Waals surface area (Å²) in [4.78, 5) is 0. The predicted octanol–water partition coefficient (Wildman–Crippen LogP) is 4.11. The van der Waals surface area contributed by atoms with Gasteiger partial charge in [-0.15, -0.1) is 0 Å². The summed E-state index contributed by atoms with van der Waals surface area (Å²) >= 11 is 3.53. The van der Waals surface area contributed by atoms with Crippen LogP contribution in [0.15, 0.2) is 22.7 Å². The number of benzene rings is 1. The van der Waals surface area contributed by atoms with Crippen LogP contribution in [0.5, 0.6) is 5.75 Å². The van der Waals surface area contributed by atoms with Crippen LogP contribution in [-0.4, -0.2) is 6.10 Å². The Morgan fingerprint density at radius 1 is 1.28 bits per heavy atom. The molecule has 0 radical (unpaired) electrons. The number of ether oxygens (including phenoxy) is 1. The van der Waals surface area contributed by atoms with Crippen molar-refractivity contribution in [3.63, 3.8) is 0 Å². The van der Waals surface area contributed by atoms with Crippen molar-refractivity contribution in [2.75, 3.05) is 0 Å². The van der Waals surface area contributed by atoms with Gasteiger partial charge >= 0.3 is 0 Å². The van der Waals surface area contributed by atoms with E-state index in [9.17, 15) is 0 Å². The van der Waals surface area contributed by atoms with Gasteiger partial charge in [0.1, 0.15) is 5.75 Å². The molecule has 1 aromatic rings. The summed E-state index contributed by atoms with van der Waals surface area (Å²) in [6.45, 7) is 5.22. The van der Waals surface area contributed by atoms with E-state index in [-0.39, 0.29) is 0 Å². The van der Waals surface area contributed by atoms with Gasteiger partial charge in [0.25, 0.3) is 0 Å². The molecule has 3 atom stereocenters. The topological polar surface area (TPSA) is 35.2 Å².